The van der Waals surface area contributed by atoms with Crippen LogP contribution in [0, 0.1) is 13.8 Å². The summed E-state index contributed by atoms with van der Waals surface area (Å²) in [6, 6.07) is 3.19. The highest BCUT2D eigenvalue weighted by atomic mass is 16.5. The molecule has 3 rings (SSSR count). The fraction of sp³-hybridized carbons (Fsp3) is 0.312. The van der Waals surface area contributed by atoms with Gasteiger partial charge in [-0.05, 0) is 26.0 Å². The first-order valence-corrected chi connectivity index (χ1v) is 7.07. The molecule has 1 aliphatic rings. The second-order valence-electron chi connectivity index (χ2n) is 5.26. The average molecular weight is 316 g/mol. The number of amides is 1. The zero-order valence-corrected chi connectivity index (χ0v) is 13.1. The maximum absolute atomic E-state index is 12.3. The Morgan fingerprint density at radius 3 is 2.78 bits per heavy atom. The van der Waals surface area contributed by atoms with Crippen molar-refractivity contribution in [2.45, 2.75) is 20.4 Å². The molecule has 7 heteroatoms. The van der Waals surface area contributed by atoms with E-state index in [2.05, 4.69) is 5.16 Å². The van der Waals surface area contributed by atoms with Crippen molar-refractivity contribution in [1.29, 1.82) is 0 Å². The van der Waals surface area contributed by atoms with Crippen LogP contribution in [0.3, 0.4) is 0 Å². The van der Waals surface area contributed by atoms with Crippen LogP contribution in [0.15, 0.2) is 16.7 Å². The Kier molecular flexibility index (Phi) is 3.77. The number of nitrogens with zero attached hydrogens (tertiary/aromatic N) is 2. The van der Waals surface area contributed by atoms with Gasteiger partial charge in [-0.2, -0.15) is 0 Å². The second-order valence-corrected chi connectivity index (χ2v) is 5.26. The lowest BCUT2D eigenvalue weighted by Gasteiger charge is -2.30. The number of methoxy groups -OCH3 is 1. The molecule has 0 radical (unpaired) electrons. The predicted molar refractivity (Wildman–Crippen MR) is 81.0 cm³/mol. The molecule has 0 atom stereocenters. The van der Waals surface area contributed by atoms with Crippen LogP contribution < -0.4 is 14.4 Å². The molecule has 120 valence electrons. The highest BCUT2D eigenvalue weighted by Crippen LogP contribution is 2.42. The molecular weight excluding hydrogens is 300 g/mol. The first-order chi connectivity index (χ1) is 11.0. The zero-order chi connectivity index (χ0) is 16.6. The maximum Gasteiger partial charge on any atom is 0.265 e. The van der Waals surface area contributed by atoms with E-state index >= 15 is 0 Å². The summed E-state index contributed by atoms with van der Waals surface area (Å²) in [6.07, 6.45) is 0.704. The molecule has 1 aromatic heterocycles. The molecule has 0 saturated heterocycles. The van der Waals surface area contributed by atoms with Crippen LogP contribution in [0.5, 0.6) is 11.5 Å². The lowest BCUT2D eigenvalue weighted by Crippen LogP contribution is -2.38. The van der Waals surface area contributed by atoms with Crippen molar-refractivity contribution in [3.8, 4) is 11.5 Å². The van der Waals surface area contributed by atoms with Gasteiger partial charge in [-0.15, -0.1) is 0 Å². The largest absolute Gasteiger partial charge is 0.493 e. The van der Waals surface area contributed by atoms with E-state index in [1.807, 2.05) is 6.92 Å². The molecule has 0 aliphatic carbocycles. The van der Waals surface area contributed by atoms with E-state index in [0.717, 1.165) is 11.3 Å². The lowest BCUT2D eigenvalue weighted by molar-refractivity contribution is -0.121. The SMILES string of the molecule is COc1cc(C=O)cc2c1OCC(=O)N2Cc1c(C)noc1C. The Balaban J connectivity index is 2.09. The number of ether oxygens (including phenoxy) is 2. The molecule has 2 aromatic rings. The number of hydrogen-bond acceptors (Lipinski definition) is 6. The lowest BCUT2D eigenvalue weighted by atomic mass is 10.1. The Labute approximate surface area is 132 Å². The van der Waals surface area contributed by atoms with Crippen molar-refractivity contribution >= 4 is 17.9 Å². The molecule has 0 unspecified atom stereocenters. The molecule has 23 heavy (non-hydrogen) atoms. The standard InChI is InChI=1S/C16H16N2O5/c1-9-12(10(2)23-17-9)6-18-13-4-11(7-19)5-14(21-3)16(13)22-8-15(18)20/h4-5,7H,6,8H2,1-3H3. The molecule has 0 bridgehead atoms. The first-order valence-electron chi connectivity index (χ1n) is 7.07. The minimum absolute atomic E-state index is 0.0901. The van der Waals surface area contributed by atoms with Crippen molar-refractivity contribution in [1.82, 2.24) is 5.16 Å². The first kappa shape index (κ1) is 15.1. The van der Waals surface area contributed by atoms with Crippen molar-refractivity contribution in [3.63, 3.8) is 0 Å². The molecule has 0 spiro atoms. The van der Waals surface area contributed by atoms with Gasteiger partial charge in [-0.3, -0.25) is 9.59 Å². The van der Waals surface area contributed by atoms with E-state index < -0.39 is 0 Å². The minimum Gasteiger partial charge on any atom is -0.493 e. The van der Waals surface area contributed by atoms with E-state index in [0.29, 0.717) is 41.3 Å². The van der Waals surface area contributed by atoms with Crippen LogP contribution in [0.25, 0.3) is 0 Å². The number of aryl methyl sites for hydroxylation is 2. The summed E-state index contributed by atoms with van der Waals surface area (Å²) in [7, 11) is 1.49. The molecule has 7 nitrogen and oxygen atoms in total. The predicted octanol–water partition coefficient (Wildman–Crippen LogP) is 2.04. The van der Waals surface area contributed by atoms with Gasteiger partial charge in [0.15, 0.2) is 18.1 Å². The topological polar surface area (TPSA) is 81.9 Å². The summed E-state index contributed by atoms with van der Waals surface area (Å²) >= 11 is 0. The minimum atomic E-state index is -0.206. The third-order valence-electron chi connectivity index (χ3n) is 3.84. The molecule has 2 heterocycles. The van der Waals surface area contributed by atoms with Crippen molar-refractivity contribution in [2.75, 3.05) is 18.6 Å². The van der Waals surface area contributed by atoms with E-state index in [1.165, 1.54) is 7.11 Å². The highest BCUT2D eigenvalue weighted by Gasteiger charge is 2.30. The molecular formula is C16H16N2O5. The van der Waals surface area contributed by atoms with Gasteiger partial charge in [-0.25, -0.2) is 0 Å². The summed E-state index contributed by atoms with van der Waals surface area (Å²) < 4.78 is 15.9. The Hall–Kier alpha value is -2.83. The van der Waals surface area contributed by atoms with Gasteiger partial charge in [-0.1, -0.05) is 5.16 Å². The summed E-state index contributed by atoms with van der Waals surface area (Å²) in [5.74, 6) is 1.31. The number of aromatic nitrogens is 1. The number of anilines is 1. The van der Waals surface area contributed by atoms with Gasteiger partial charge in [0.05, 0.1) is 25.0 Å². The fourth-order valence-corrected chi connectivity index (χ4v) is 2.58. The van der Waals surface area contributed by atoms with E-state index in [1.54, 1.807) is 24.0 Å². The van der Waals surface area contributed by atoms with Crippen LogP contribution in [-0.4, -0.2) is 31.1 Å². The number of rotatable bonds is 4. The maximum atomic E-state index is 12.3. The van der Waals surface area contributed by atoms with Crippen LogP contribution >= 0.6 is 0 Å². The second kappa shape index (κ2) is 5.75. The number of carbonyl (C=O) groups is 2. The molecule has 0 fully saturated rings. The number of carbonyl (C=O) groups excluding carboxylic acids is 2. The van der Waals surface area contributed by atoms with Crippen LogP contribution in [0.2, 0.25) is 0 Å². The van der Waals surface area contributed by atoms with Gasteiger partial charge >= 0.3 is 0 Å². The molecule has 0 saturated carbocycles. The Morgan fingerprint density at radius 2 is 2.17 bits per heavy atom. The van der Waals surface area contributed by atoms with Crippen molar-refractivity contribution in [2.24, 2.45) is 0 Å². The molecule has 0 N–H and O–H groups in total. The van der Waals surface area contributed by atoms with Crippen molar-refractivity contribution < 1.29 is 23.6 Å². The van der Waals surface area contributed by atoms with Crippen LogP contribution in [0.1, 0.15) is 27.4 Å². The summed E-state index contributed by atoms with van der Waals surface area (Å²) in [6.45, 7) is 3.82. The van der Waals surface area contributed by atoms with E-state index in [4.69, 9.17) is 14.0 Å². The monoisotopic (exact) mass is 316 g/mol. The van der Waals surface area contributed by atoms with Gasteiger partial charge in [0, 0.05) is 11.1 Å². The fourth-order valence-electron chi connectivity index (χ4n) is 2.58. The van der Waals surface area contributed by atoms with Crippen LogP contribution in [-0.2, 0) is 11.3 Å². The summed E-state index contributed by atoms with van der Waals surface area (Å²) in [5, 5.41) is 3.91. The zero-order valence-electron chi connectivity index (χ0n) is 13.1. The Morgan fingerprint density at radius 1 is 1.39 bits per heavy atom. The number of hydrogen-bond donors (Lipinski definition) is 0. The quantitative estimate of drug-likeness (QED) is 0.803. The van der Waals surface area contributed by atoms with E-state index in [9.17, 15) is 9.59 Å². The van der Waals surface area contributed by atoms with Gasteiger partial charge < -0.3 is 18.9 Å². The number of benzene rings is 1. The average Bonchev–Trinajstić information content (AvgIpc) is 2.87. The van der Waals surface area contributed by atoms with E-state index in [-0.39, 0.29) is 12.5 Å². The number of aldehydes is 1. The number of fused-ring (bicyclic) bond motifs is 1. The Bertz CT molecular complexity index is 762. The highest BCUT2D eigenvalue weighted by molar-refractivity contribution is 5.99. The van der Waals surface area contributed by atoms with Gasteiger partial charge in [0.25, 0.3) is 5.91 Å². The third-order valence-corrected chi connectivity index (χ3v) is 3.84. The molecule has 1 amide bonds. The smallest absolute Gasteiger partial charge is 0.265 e. The van der Waals surface area contributed by atoms with Crippen molar-refractivity contribution in [3.05, 3.63) is 34.7 Å². The normalized spacial score (nSPS) is 13.5. The van der Waals surface area contributed by atoms with Gasteiger partial charge in [0.1, 0.15) is 12.0 Å². The van der Waals surface area contributed by atoms with Crippen LogP contribution in [0.4, 0.5) is 5.69 Å². The summed E-state index contributed by atoms with van der Waals surface area (Å²) in [4.78, 5) is 25.0. The molecule has 1 aliphatic heterocycles. The van der Waals surface area contributed by atoms with Gasteiger partial charge in [0.2, 0.25) is 0 Å². The third kappa shape index (κ3) is 2.54. The molecule has 1 aromatic carbocycles. The summed E-state index contributed by atoms with van der Waals surface area (Å²) in [5.41, 5.74) is 2.47.